The quantitative estimate of drug-likeness (QED) is 0.417. The van der Waals surface area contributed by atoms with E-state index in [4.69, 9.17) is 0 Å². The maximum atomic E-state index is 4.61. The summed E-state index contributed by atoms with van der Waals surface area (Å²) in [6, 6.07) is 8.52. The molecule has 0 amide bonds. The van der Waals surface area contributed by atoms with Crippen LogP contribution in [0.1, 0.15) is 25.0 Å². The highest BCUT2D eigenvalue weighted by Gasteiger charge is 1.99. The van der Waals surface area contributed by atoms with Crippen LogP contribution in [0, 0.1) is 6.92 Å². The minimum atomic E-state index is 0. The van der Waals surface area contributed by atoms with E-state index >= 15 is 0 Å². The van der Waals surface area contributed by atoms with E-state index in [0.29, 0.717) is 6.54 Å². The van der Waals surface area contributed by atoms with E-state index in [1.54, 1.807) is 0 Å². The number of aryl methyl sites for hydroxylation is 1. The van der Waals surface area contributed by atoms with Crippen molar-refractivity contribution in [3.8, 4) is 0 Å². The molecule has 5 heteroatoms. The highest BCUT2D eigenvalue weighted by molar-refractivity contribution is 14.0. The van der Waals surface area contributed by atoms with E-state index in [-0.39, 0.29) is 24.0 Å². The van der Waals surface area contributed by atoms with Gasteiger partial charge in [-0.05, 0) is 33.0 Å². The van der Waals surface area contributed by atoms with Crippen LogP contribution in [0.3, 0.4) is 0 Å². The van der Waals surface area contributed by atoms with Crippen LogP contribution in [0.15, 0.2) is 29.3 Å². The zero-order valence-electron chi connectivity index (χ0n) is 13.6. The summed E-state index contributed by atoms with van der Waals surface area (Å²) in [5.41, 5.74) is 2.52. The van der Waals surface area contributed by atoms with Crippen molar-refractivity contribution in [3.63, 3.8) is 0 Å². The number of hydrogen-bond acceptors (Lipinski definition) is 2. The first-order chi connectivity index (χ1) is 9.65. The van der Waals surface area contributed by atoms with Gasteiger partial charge in [-0.25, -0.2) is 4.99 Å². The van der Waals surface area contributed by atoms with Gasteiger partial charge in [0.05, 0.1) is 6.54 Å². The van der Waals surface area contributed by atoms with Gasteiger partial charge in [-0.1, -0.05) is 36.8 Å². The molecule has 4 nitrogen and oxygen atoms in total. The van der Waals surface area contributed by atoms with Crippen molar-refractivity contribution in [3.05, 3.63) is 35.4 Å². The van der Waals surface area contributed by atoms with E-state index in [1.165, 1.54) is 11.1 Å². The van der Waals surface area contributed by atoms with Crippen molar-refractivity contribution in [1.29, 1.82) is 0 Å². The first-order valence-corrected chi connectivity index (χ1v) is 7.42. The van der Waals surface area contributed by atoms with Crippen LogP contribution in [0.2, 0.25) is 0 Å². The Bertz CT molecular complexity index is 403. The number of rotatable bonds is 7. The van der Waals surface area contributed by atoms with E-state index in [9.17, 15) is 0 Å². The molecule has 0 spiro atoms. The number of guanidine groups is 1. The second-order valence-electron chi connectivity index (χ2n) is 5.00. The van der Waals surface area contributed by atoms with Crippen molar-refractivity contribution in [2.75, 3.05) is 33.2 Å². The normalized spacial score (nSPS) is 11.2. The summed E-state index contributed by atoms with van der Waals surface area (Å²) in [6.07, 6.45) is 0. The Morgan fingerprint density at radius 1 is 1.14 bits per heavy atom. The second kappa shape index (κ2) is 11.8. The SMILES string of the molecule is CCNC(=NCc1ccc(C)cc1)NCCN(C)CC.I. The number of hydrogen-bond donors (Lipinski definition) is 2. The van der Waals surface area contributed by atoms with Gasteiger partial charge in [0.25, 0.3) is 0 Å². The second-order valence-corrected chi connectivity index (χ2v) is 5.00. The predicted octanol–water partition coefficient (Wildman–Crippen LogP) is 2.62. The van der Waals surface area contributed by atoms with Crippen molar-refractivity contribution >= 4 is 29.9 Å². The molecule has 21 heavy (non-hydrogen) atoms. The zero-order valence-corrected chi connectivity index (χ0v) is 16.0. The van der Waals surface area contributed by atoms with Gasteiger partial charge in [-0.2, -0.15) is 0 Å². The highest BCUT2D eigenvalue weighted by Crippen LogP contribution is 2.04. The molecule has 0 aliphatic rings. The lowest BCUT2D eigenvalue weighted by molar-refractivity contribution is 0.357. The summed E-state index contributed by atoms with van der Waals surface area (Å²) < 4.78 is 0. The molecular weight excluding hydrogens is 375 g/mol. The molecule has 0 atom stereocenters. The minimum absolute atomic E-state index is 0. The van der Waals surface area contributed by atoms with Crippen molar-refractivity contribution in [2.24, 2.45) is 4.99 Å². The molecule has 0 saturated carbocycles. The Balaban J connectivity index is 0.00000400. The smallest absolute Gasteiger partial charge is 0.191 e. The number of nitrogens with zero attached hydrogens (tertiary/aromatic N) is 2. The lowest BCUT2D eigenvalue weighted by Gasteiger charge is -2.16. The van der Waals surface area contributed by atoms with Gasteiger partial charge in [0.1, 0.15) is 0 Å². The van der Waals surface area contributed by atoms with Crippen LogP contribution in [0.25, 0.3) is 0 Å². The Kier molecular flexibility index (Phi) is 11.3. The average molecular weight is 404 g/mol. The summed E-state index contributed by atoms with van der Waals surface area (Å²) in [7, 11) is 2.12. The van der Waals surface area contributed by atoms with Gasteiger partial charge in [-0.3, -0.25) is 0 Å². The lowest BCUT2D eigenvalue weighted by Crippen LogP contribution is -2.40. The number of nitrogens with one attached hydrogen (secondary N) is 2. The fourth-order valence-corrected chi connectivity index (χ4v) is 1.73. The van der Waals surface area contributed by atoms with Crippen LogP contribution in [0.4, 0.5) is 0 Å². The van der Waals surface area contributed by atoms with Gasteiger partial charge in [0, 0.05) is 19.6 Å². The Morgan fingerprint density at radius 2 is 1.81 bits per heavy atom. The topological polar surface area (TPSA) is 39.7 Å². The molecule has 0 saturated heterocycles. The molecular formula is C16H29IN4. The van der Waals surface area contributed by atoms with Gasteiger partial charge >= 0.3 is 0 Å². The maximum absolute atomic E-state index is 4.61. The predicted molar refractivity (Wildman–Crippen MR) is 103 cm³/mol. The molecule has 120 valence electrons. The summed E-state index contributed by atoms with van der Waals surface area (Å²) >= 11 is 0. The lowest BCUT2D eigenvalue weighted by atomic mass is 10.1. The van der Waals surface area contributed by atoms with Gasteiger partial charge < -0.3 is 15.5 Å². The Hall–Kier alpha value is -0.820. The van der Waals surface area contributed by atoms with Gasteiger partial charge in [-0.15, -0.1) is 24.0 Å². The highest BCUT2D eigenvalue weighted by atomic mass is 127. The van der Waals surface area contributed by atoms with E-state index < -0.39 is 0 Å². The third kappa shape index (κ3) is 8.93. The summed E-state index contributed by atoms with van der Waals surface area (Å²) in [6.45, 7) is 10.9. The van der Waals surface area contributed by atoms with Crippen LogP contribution in [0.5, 0.6) is 0 Å². The summed E-state index contributed by atoms with van der Waals surface area (Å²) in [5, 5.41) is 6.64. The molecule has 1 rings (SSSR count). The van der Waals surface area contributed by atoms with E-state index in [2.05, 4.69) is 72.6 Å². The average Bonchev–Trinajstić information content (AvgIpc) is 2.46. The molecule has 0 unspecified atom stereocenters. The molecule has 1 aromatic carbocycles. The first-order valence-electron chi connectivity index (χ1n) is 7.42. The van der Waals surface area contributed by atoms with Crippen molar-refractivity contribution < 1.29 is 0 Å². The Labute approximate surface area is 146 Å². The molecule has 0 heterocycles. The molecule has 1 aromatic rings. The largest absolute Gasteiger partial charge is 0.357 e. The molecule has 2 N–H and O–H groups in total. The van der Waals surface area contributed by atoms with E-state index in [0.717, 1.165) is 32.1 Å². The van der Waals surface area contributed by atoms with E-state index in [1.807, 2.05) is 0 Å². The van der Waals surface area contributed by atoms with Crippen LogP contribution >= 0.6 is 24.0 Å². The molecule has 0 fully saturated rings. The maximum Gasteiger partial charge on any atom is 0.191 e. The van der Waals surface area contributed by atoms with Gasteiger partial charge in [0.2, 0.25) is 0 Å². The number of likely N-dealkylation sites (N-methyl/N-ethyl adjacent to an activating group) is 1. The van der Waals surface area contributed by atoms with Crippen LogP contribution in [-0.4, -0.2) is 44.1 Å². The standard InChI is InChI=1S/C16H28N4.HI/c1-5-17-16(18-11-12-20(4)6-2)19-13-15-9-7-14(3)8-10-15;/h7-10H,5-6,11-13H2,1-4H3,(H2,17,18,19);1H. The number of benzene rings is 1. The Morgan fingerprint density at radius 3 is 2.38 bits per heavy atom. The zero-order chi connectivity index (χ0) is 14.8. The monoisotopic (exact) mass is 404 g/mol. The number of halogens is 1. The fraction of sp³-hybridized carbons (Fsp3) is 0.562. The third-order valence-electron chi connectivity index (χ3n) is 3.21. The third-order valence-corrected chi connectivity index (χ3v) is 3.21. The first kappa shape index (κ1) is 20.2. The number of aliphatic imine (C=N–C) groups is 1. The van der Waals surface area contributed by atoms with Crippen LogP contribution < -0.4 is 10.6 Å². The van der Waals surface area contributed by atoms with Crippen LogP contribution in [-0.2, 0) is 6.54 Å². The summed E-state index contributed by atoms with van der Waals surface area (Å²) in [4.78, 5) is 6.89. The molecule has 0 aliphatic heterocycles. The molecule has 0 bridgehead atoms. The molecule has 0 aliphatic carbocycles. The summed E-state index contributed by atoms with van der Waals surface area (Å²) in [5.74, 6) is 0.887. The minimum Gasteiger partial charge on any atom is -0.357 e. The fourth-order valence-electron chi connectivity index (χ4n) is 1.73. The van der Waals surface area contributed by atoms with Gasteiger partial charge in [0.15, 0.2) is 5.96 Å². The molecule has 0 aromatic heterocycles. The van der Waals surface area contributed by atoms with Crippen molar-refractivity contribution in [1.82, 2.24) is 15.5 Å². The van der Waals surface area contributed by atoms with Crippen molar-refractivity contribution in [2.45, 2.75) is 27.3 Å². The molecule has 0 radical (unpaired) electrons.